The van der Waals surface area contributed by atoms with E-state index in [0.29, 0.717) is 22.7 Å². The number of carbonyl (C=O) groups excluding carboxylic acids is 1. The Morgan fingerprint density at radius 1 is 1.08 bits per heavy atom. The monoisotopic (exact) mass is 352 g/mol. The first-order valence-corrected chi connectivity index (χ1v) is 8.92. The molecule has 1 aromatic carbocycles. The Morgan fingerprint density at radius 3 is 2.54 bits per heavy atom. The van der Waals surface area contributed by atoms with E-state index in [0.717, 1.165) is 13.1 Å². The van der Waals surface area contributed by atoms with Crippen LogP contribution in [0.4, 0.5) is 15.8 Å². The highest BCUT2D eigenvalue weighted by Gasteiger charge is 2.17. The van der Waals surface area contributed by atoms with Crippen molar-refractivity contribution in [2.75, 3.05) is 23.3 Å². The number of halogens is 1. The summed E-state index contributed by atoms with van der Waals surface area (Å²) < 4.78 is 15.0. The van der Waals surface area contributed by atoms with Crippen LogP contribution in [-0.4, -0.2) is 28.4 Å². The number of piperidine rings is 1. The lowest BCUT2D eigenvalue weighted by molar-refractivity contribution is 0.102. The molecule has 6 heteroatoms. The third-order valence-electron chi connectivity index (χ3n) is 4.82. The number of pyridine rings is 1. The molecule has 1 aliphatic rings. The summed E-state index contributed by atoms with van der Waals surface area (Å²) in [5.41, 5.74) is 3.35. The number of benzene rings is 1. The van der Waals surface area contributed by atoms with E-state index in [1.165, 1.54) is 41.6 Å². The SMILES string of the molecule is Cc1nc2ccc(F)cn2c1C(=O)Nc1ccc(N2CCCCC2)cc1. The number of amides is 1. The van der Waals surface area contributed by atoms with E-state index in [-0.39, 0.29) is 5.91 Å². The molecule has 0 radical (unpaired) electrons. The number of hydrogen-bond acceptors (Lipinski definition) is 3. The number of nitrogens with one attached hydrogen (secondary N) is 1. The Bertz CT molecular complexity index is 942. The van der Waals surface area contributed by atoms with Crippen LogP contribution in [0.25, 0.3) is 5.65 Å². The number of imidazole rings is 1. The number of anilines is 2. The summed E-state index contributed by atoms with van der Waals surface area (Å²) >= 11 is 0. The van der Waals surface area contributed by atoms with Gasteiger partial charge in [-0.15, -0.1) is 0 Å². The van der Waals surface area contributed by atoms with Gasteiger partial charge in [0, 0.05) is 30.7 Å². The molecule has 1 saturated heterocycles. The molecule has 134 valence electrons. The van der Waals surface area contributed by atoms with Crippen LogP contribution in [0.15, 0.2) is 42.6 Å². The maximum atomic E-state index is 13.6. The molecule has 3 heterocycles. The molecule has 0 spiro atoms. The van der Waals surface area contributed by atoms with E-state index in [9.17, 15) is 9.18 Å². The Morgan fingerprint density at radius 2 is 1.81 bits per heavy atom. The van der Waals surface area contributed by atoms with Crippen LogP contribution < -0.4 is 10.2 Å². The Hall–Kier alpha value is -2.89. The molecule has 0 saturated carbocycles. The van der Waals surface area contributed by atoms with Crippen LogP contribution in [0.2, 0.25) is 0 Å². The van der Waals surface area contributed by atoms with E-state index < -0.39 is 5.82 Å². The number of aryl methyl sites for hydroxylation is 1. The highest BCUT2D eigenvalue weighted by Crippen LogP contribution is 2.22. The third-order valence-corrected chi connectivity index (χ3v) is 4.82. The fraction of sp³-hybridized carbons (Fsp3) is 0.300. The van der Waals surface area contributed by atoms with Crippen molar-refractivity contribution in [1.82, 2.24) is 9.38 Å². The number of rotatable bonds is 3. The van der Waals surface area contributed by atoms with Crippen molar-refractivity contribution in [1.29, 1.82) is 0 Å². The van der Waals surface area contributed by atoms with E-state index in [4.69, 9.17) is 0 Å². The molecule has 5 nitrogen and oxygen atoms in total. The molecule has 0 unspecified atom stereocenters. The van der Waals surface area contributed by atoms with Crippen molar-refractivity contribution < 1.29 is 9.18 Å². The molecule has 2 aromatic heterocycles. The number of hydrogen-bond donors (Lipinski definition) is 1. The standard InChI is InChI=1S/C20H21FN4O/c1-14-19(25-13-15(21)5-10-18(25)22-14)20(26)23-16-6-8-17(9-7-16)24-11-3-2-4-12-24/h5-10,13H,2-4,11-12H2,1H3,(H,23,26). The lowest BCUT2D eigenvalue weighted by atomic mass is 10.1. The van der Waals surface area contributed by atoms with Gasteiger partial charge in [-0.3, -0.25) is 9.20 Å². The first-order chi connectivity index (χ1) is 12.6. The van der Waals surface area contributed by atoms with Gasteiger partial charge in [0.05, 0.1) is 5.69 Å². The van der Waals surface area contributed by atoms with Crippen molar-refractivity contribution >= 4 is 22.9 Å². The minimum absolute atomic E-state index is 0.300. The van der Waals surface area contributed by atoms with Gasteiger partial charge in [-0.05, 0) is 62.6 Å². The fourth-order valence-corrected chi connectivity index (χ4v) is 3.51. The lowest BCUT2D eigenvalue weighted by Crippen LogP contribution is -2.29. The van der Waals surface area contributed by atoms with Crippen molar-refractivity contribution in [2.45, 2.75) is 26.2 Å². The number of nitrogens with zero attached hydrogens (tertiary/aromatic N) is 3. The molecule has 0 bridgehead atoms. The maximum Gasteiger partial charge on any atom is 0.274 e. The van der Waals surface area contributed by atoms with Gasteiger partial charge >= 0.3 is 0 Å². The van der Waals surface area contributed by atoms with Gasteiger partial charge in [0.2, 0.25) is 0 Å². The van der Waals surface area contributed by atoms with Crippen LogP contribution in [-0.2, 0) is 0 Å². The molecule has 4 rings (SSSR count). The first kappa shape index (κ1) is 16.6. The van der Waals surface area contributed by atoms with Crippen LogP contribution in [0, 0.1) is 12.7 Å². The summed E-state index contributed by atoms with van der Waals surface area (Å²) in [6.07, 6.45) is 5.03. The molecule has 0 atom stereocenters. The zero-order valence-electron chi connectivity index (χ0n) is 14.7. The quantitative estimate of drug-likeness (QED) is 0.774. The molecule has 1 aliphatic heterocycles. The van der Waals surface area contributed by atoms with Crippen molar-refractivity contribution in [3.63, 3.8) is 0 Å². The van der Waals surface area contributed by atoms with Gasteiger partial charge in [0.1, 0.15) is 17.2 Å². The summed E-state index contributed by atoms with van der Waals surface area (Å²) in [6.45, 7) is 3.91. The zero-order valence-corrected chi connectivity index (χ0v) is 14.7. The van der Waals surface area contributed by atoms with Crippen molar-refractivity contribution in [3.05, 3.63) is 59.8 Å². The Kier molecular flexibility index (Phi) is 4.32. The zero-order chi connectivity index (χ0) is 18.1. The normalized spacial score (nSPS) is 14.6. The average Bonchev–Trinajstić information content (AvgIpc) is 2.98. The average molecular weight is 352 g/mol. The number of carbonyl (C=O) groups is 1. The molecule has 1 N–H and O–H groups in total. The van der Waals surface area contributed by atoms with E-state index in [1.54, 1.807) is 13.0 Å². The van der Waals surface area contributed by atoms with Gasteiger partial charge in [-0.25, -0.2) is 9.37 Å². The molecular weight excluding hydrogens is 331 g/mol. The predicted octanol–water partition coefficient (Wildman–Crippen LogP) is 4.02. The molecule has 0 aliphatic carbocycles. The summed E-state index contributed by atoms with van der Waals surface area (Å²) in [6, 6.07) is 10.8. The van der Waals surface area contributed by atoms with Gasteiger partial charge < -0.3 is 10.2 Å². The summed E-state index contributed by atoms with van der Waals surface area (Å²) in [4.78, 5) is 19.4. The second kappa shape index (κ2) is 6.78. The van der Waals surface area contributed by atoms with Crippen LogP contribution >= 0.6 is 0 Å². The number of aromatic nitrogens is 2. The maximum absolute atomic E-state index is 13.6. The second-order valence-electron chi connectivity index (χ2n) is 6.67. The third kappa shape index (κ3) is 3.14. The molecule has 1 fully saturated rings. The first-order valence-electron chi connectivity index (χ1n) is 8.92. The largest absolute Gasteiger partial charge is 0.372 e. The van der Waals surface area contributed by atoms with Gasteiger partial charge in [0.15, 0.2) is 0 Å². The van der Waals surface area contributed by atoms with Gasteiger partial charge in [-0.2, -0.15) is 0 Å². The second-order valence-corrected chi connectivity index (χ2v) is 6.67. The Balaban J connectivity index is 1.55. The predicted molar refractivity (Wildman–Crippen MR) is 100 cm³/mol. The molecular formula is C20H21FN4O. The topological polar surface area (TPSA) is 49.6 Å². The fourth-order valence-electron chi connectivity index (χ4n) is 3.51. The molecule has 3 aromatic rings. The highest BCUT2D eigenvalue weighted by atomic mass is 19.1. The summed E-state index contributed by atoms with van der Waals surface area (Å²) in [5.74, 6) is -0.707. The van der Waals surface area contributed by atoms with E-state index >= 15 is 0 Å². The minimum Gasteiger partial charge on any atom is -0.372 e. The van der Waals surface area contributed by atoms with E-state index in [2.05, 4.69) is 15.2 Å². The summed E-state index contributed by atoms with van der Waals surface area (Å²) in [5, 5.41) is 2.89. The van der Waals surface area contributed by atoms with Crippen LogP contribution in [0.3, 0.4) is 0 Å². The summed E-state index contributed by atoms with van der Waals surface area (Å²) in [7, 11) is 0. The minimum atomic E-state index is -0.408. The van der Waals surface area contributed by atoms with E-state index in [1.807, 2.05) is 24.3 Å². The molecule has 26 heavy (non-hydrogen) atoms. The number of fused-ring (bicyclic) bond motifs is 1. The smallest absolute Gasteiger partial charge is 0.274 e. The van der Waals surface area contributed by atoms with Crippen molar-refractivity contribution in [2.24, 2.45) is 0 Å². The molecule has 1 amide bonds. The Labute approximate surface area is 151 Å². The van der Waals surface area contributed by atoms with Crippen LogP contribution in [0.5, 0.6) is 0 Å². The highest BCUT2D eigenvalue weighted by molar-refractivity contribution is 6.04. The van der Waals surface area contributed by atoms with Gasteiger partial charge in [-0.1, -0.05) is 0 Å². The van der Waals surface area contributed by atoms with Crippen LogP contribution in [0.1, 0.15) is 35.4 Å². The lowest BCUT2D eigenvalue weighted by Gasteiger charge is -2.28. The van der Waals surface area contributed by atoms with Gasteiger partial charge in [0.25, 0.3) is 5.91 Å². The van der Waals surface area contributed by atoms with Crippen molar-refractivity contribution in [3.8, 4) is 0 Å².